The van der Waals surface area contributed by atoms with E-state index in [1.54, 1.807) is 6.20 Å². The van der Waals surface area contributed by atoms with Crippen molar-refractivity contribution in [3.05, 3.63) is 59.4 Å². The van der Waals surface area contributed by atoms with Crippen LogP contribution in [0.3, 0.4) is 0 Å². The largest absolute Gasteiger partial charge is 0.493 e. The monoisotopic (exact) mass is 336 g/mol. The van der Waals surface area contributed by atoms with Crippen molar-refractivity contribution < 1.29 is 9.53 Å². The van der Waals surface area contributed by atoms with E-state index in [1.807, 2.05) is 23.2 Å². The number of nitrogens with zero attached hydrogens (tertiary/aromatic N) is 2. The first kappa shape index (κ1) is 16.1. The van der Waals surface area contributed by atoms with Crippen molar-refractivity contribution in [2.45, 2.75) is 32.7 Å². The lowest BCUT2D eigenvalue weighted by Gasteiger charge is -2.32. The van der Waals surface area contributed by atoms with Gasteiger partial charge < -0.3 is 9.64 Å². The van der Waals surface area contributed by atoms with E-state index in [4.69, 9.17) is 4.74 Å². The number of carbonyl (C=O) groups is 1. The zero-order valence-electron chi connectivity index (χ0n) is 14.8. The Kier molecular flexibility index (Phi) is 4.20. The Morgan fingerprint density at radius 2 is 2.20 bits per heavy atom. The summed E-state index contributed by atoms with van der Waals surface area (Å²) in [6.45, 7) is 5.65. The number of aromatic nitrogens is 1. The molecule has 0 spiro atoms. The average molecular weight is 336 g/mol. The molecule has 0 radical (unpaired) electrons. The van der Waals surface area contributed by atoms with E-state index in [2.05, 4.69) is 37.0 Å². The molecule has 1 aromatic carbocycles. The Morgan fingerprint density at radius 3 is 2.88 bits per heavy atom. The highest BCUT2D eigenvalue weighted by Crippen LogP contribution is 2.42. The first-order chi connectivity index (χ1) is 12.2. The topological polar surface area (TPSA) is 42.4 Å². The summed E-state index contributed by atoms with van der Waals surface area (Å²) in [6, 6.07) is 10.2. The molecule has 2 aromatic rings. The molecule has 4 nitrogen and oxygen atoms in total. The van der Waals surface area contributed by atoms with Gasteiger partial charge in [0, 0.05) is 31.3 Å². The predicted octanol–water partition coefficient (Wildman–Crippen LogP) is 3.61. The van der Waals surface area contributed by atoms with E-state index in [1.165, 1.54) is 5.56 Å². The van der Waals surface area contributed by atoms with Crippen molar-refractivity contribution in [2.24, 2.45) is 11.8 Å². The van der Waals surface area contributed by atoms with Gasteiger partial charge in [0.1, 0.15) is 5.75 Å². The highest BCUT2D eigenvalue weighted by Gasteiger charge is 2.43. The zero-order chi connectivity index (χ0) is 17.4. The van der Waals surface area contributed by atoms with Gasteiger partial charge in [-0.05, 0) is 54.2 Å². The number of benzene rings is 1. The molecule has 25 heavy (non-hydrogen) atoms. The minimum Gasteiger partial charge on any atom is -0.493 e. The van der Waals surface area contributed by atoms with Crippen molar-refractivity contribution in [3.63, 3.8) is 0 Å². The molecule has 0 bridgehead atoms. The highest BCUT2D eigenvalue weighted by molar-refractivity contribution is 5.82. The molecule has 3 unspecified atom stereocenters. The minimum atomic E-state index is -0.0927. The molecule has 1 aliphatic heterocycles. The first-order valence-corrected chi connectivity index (χ1v) is 9.15. The van der Waals surface area contributed by atoms with Crippen LogP contribution in [0, 0.1) is 11.8 Å². The van der Waals surface area contributed by atoms with Gasteiger partial charge in [-0.2, -0.15) is 0 Å². The molecule has 2 heterocycles. The van der Waals surface area contributed by atoms with E-state index < -0.39 is 0 Å². The second kappa shape index (κ2) is 6.51. The lowest BCUT2D eigenvalue weighted by atomic mass is 9.95. The maximum atomic E-state index is 13.0. The van der Waals surface area contributed by atoms with Gasteiger partial charge in [-0.3, -0.25) is 9.78 Å². The molecule has 4 heteroatoms. The van der Waals surface area contributed by atoms with Crippen LogP contribution in [0.4, 0.5) is 0 Å². The Morgan fingerprint density at radius 1 is 1.36 bits per heavy atom. The molecule has 1 fully saturated rings. The number of carbonyl (C=O) groups excluding carboxylic acids is 1. The normalized spacial score (nSPS) is 22.0. The second-order valence-corrected chi connectivity index (χ2v) is 7.10. The Bertz CT molecular complexity index is 775. The molecule has 0 saturated heterocycles. The van der Waals surface area contributed by atoms with Gasteiger partial charge in [0.05, 0.1) is 12.6 Å². The van der Waals surface area contributed by atoms with Gasteiger partial charge in [0.25, 0.3) is 0 Å². The molecule has 0 N–H and O–H groups in total. The summed E-state index contributed by atoms with van der Waals surface area (Å²) < 4.78 is 5.64. The van der Waals surface area contributed by atoms with Crippen molar-refractivity contribution in [1.29, 1.82) is 0 Å². The molecule has 130 valence electrons. The van der Waals surface area contributed by atoms with Gasteiger partial charge in [0.15, 0.2) is 0 Å². The van der Waals surface area contributed by atoms with E-state index in [9.17, 15) is 4.79 Å². The van der Waals surface area contributed by atoms with Crippen molar-refractivity contribution in [1.82, 2.24) is 9.88 Å². The highest BCUT2D eigenvalue weighted by atomic mass is 16.5. The first-order valence-electron chi connectivity index (χ1n) is 9.15. The molecular formula is C21H24N2O2. The van der Waals surface area contributed by atoms with Crippen LogP contribution < -0.4 is 4.74 Å². The molecule has 4 rings (SSSR count). The SMILES string of the molecule is CCN(C(=O)C1CC1C)C(c1cccnc1)c1ccc2c(c1)CCO2. The van der Waals surface area contributed by atoms with Gasteiger partial charge in [0.2, 0.25) is 5.91 Å². The summed E-state index contributed by atoms with van der Waals surface area (Å²) in [5.74, 6) is 1.92. The third kappa shape index (κ3) is 3.01. The van der Waals surface area contributed by atoms with Crippen LogP contribution in [0.25, 0.3) is 0 Å². The van der Waals surface area contributed by atoms with E-state index in [0.717, 1.165) is 36.3 Å². The second-order valence-electron chi connectivity index (χ2n) is 7.10. The van der Waals surface area contributed by atoms with Crippen LogP contribution in [-0.2, 0) is 11.2 Å². The van der Waals surface area contributed by atoms with Crippen molar-refractivity contribution in [3.8, 4) is 5.75 Å². The Balaban J connectivity index is 1.75. The number of amides is 1. The van der Waals surface area contributed by atoms with Crippen molar-refractivity contribution in [2.75, 3.05) is 13.2 Å². The van der Waals surface area contributed by atoms with Gasteiger partial charge in [-0.25, -0.2) is 0 Å². The van der Waals surface area contributed by atoms with Crippen LogP contribution in [0.5, 0.6) is 5.75 Å². The lowest BCUT2D eigenvalue weighted by Crippen LogP contribution is -2.37. The van der Waals surface area contributed by atoms with Crippen LogP contribution in [0.15, 0.2) is 42.7 Å². The third-order valence-electron chi connectivity index (χ3n) is 5.39. The summed E-state index contributed by atoms with van der Waals surface area (Å²) in [5.41, 5.74) is 3.43. The third-order valence-corrected chi connectivity index (χ3v) is 5.39. The predicted molar refractivity (Wildman–Crippen MR) is 96.4 cm³/mol. The molecule has 2 aliphatic rings. The Labute approximate surface area is 148 Å². The average Bonchev–Trinajstić information content (AvgIpc) is 3.19. The van der Waals surface area contributed by atoms with Crippen LogP contribution in [0.2, 0.25) is 0 Å². The minimum absolute atomic E-state index is 0.0927. The van der Waals surface area contributed by atoms with E-state index in [-0.39, 0.29) is 17.9 Å². The summed E-state index contributed by atoms with van der Waals surface area (Å²) in [4.78, 5) is 19.4. The number of ether oxygens (including phenoxy) is 1. The summed E-state index contributed by atoms with van der Waals surface area (Å²) >= 11 is 0. The van der Waals surface area contributed by atoms with Gasteiger partial charge in [-0.1, -0.05) is 19.1 Å². The number of fused-ring (bicyclic) bond motifs is 1. The molecule has 3 atom stereocenters. The van der Waals surface area contributed by atoms with Gasteiger partial charge >= 0.3 is 0 Å². The lowest BCUT2D eigenvalue weighted by molar-refractivity contribution is -0.134. The van der Waals surface area contributed by atoms with Crippen LogP contribution in [-0.4, -0.2) is 28.9 Å². The summed E-state index contributed by atoms with van der Waals surface area (Å²) in [7, 11) is 0. The fourth-order valence-electron chi connectivity index (χ4n) is 3.81. The van der Waals surface area contributed by atoms with E-state index in [0.29, 0.717) is 12.5 Å². The molecular weight excluding hydrogens is 312 g/mol. The Hall–Kier alpha value is -2.36. The zero-order valence-corrected chi connectivity index (χ0v) is 14.8. The summed E-state index contributed by atoms with van der Waals surface area (Å²) in [6.07, 6.45) is 5.59. The number of hydrogen-bond acceptors (Lipinski definition) is 3. The maximum absolute atomic E-state index is 13.0. The number of pyridine rings is 1. The van der Waals surface area contributed by atoms with Crippen LogP contribution >= 0.6 is 0 Å². The molecule has 1 saturated carbocycles. The molecule has 1 aliphatic carbocycles. The maximum Gasteiger partial charge on any atom is 0.226 e. The number of hydrogen-bond donors (Lipinski definition) is 0. The standard InChI is InChI=1S/C21H24N2O2/c1-3-23(21(24)18-11-14(18)2)20(17-5-4-9-22-13-17)16-6-7-19-15(12-16)8-10-25-19/h4-7,9,12-14,18,20H,3,8,10-11H2,1-2H3. The fraction of sp³-hybridized carbons (Fsp3) is 0.429. The van der Waals surface area contributed by atoms with Gasteiger partial charge in [-0.15, -0.1) is 0 Å². The molecule has 1 aromatic heterocycles. The van der Waals surface area contributed by atoms with Crippen molar-refractivity contribution >= 4 is 5.91 Å². The van der Waals surface area contributed by atoms with Crippen LogP contribution in [0.1, 0.15) is 43.0 Å². The molecule has 1 amide bonds. The number of rotatable bonds is 5. The van der Waals surface area contributed by atoms with E-state index >= 15 is 0 Å². The summed E-state index contributed by atoms with van der Waals surface area (Å²) in [5, 5.41) is 0. The quantitative estimate of drug-likeness (QED) is 0.838. The smallest absolute Gasteiger partial charge is 0.226 e. The fourth-order valence-corrected chi connectivity index (χ4v) is 3.81.